The zero-order chi connectivity index (χ0) is 13.9. The van der Waals surface area contributed by atoms with E-state index >= 15 is 0 Å². The SMILES string of the molecule is CC(C)(Cl)C(=O)O[C@H]1CC[C@H](c2ccccc2)CC1. The quantitative estimate of drug-likeness (QED) is 0.610. The lowest BCUT2D eigenvalue weighted by atomic mass is 9.83. The fourth-order valence-electron chi connectivity index (χ4n) is 2.53. The lowest BCUT2D eigenvalue weighted by molar-refractivity contribution is -0.153. The van der Waals surface area contributed by atoms with Crippen molar-refractivity contribution >= 4 is 17.6 Å². The monoisotopic (exact) mass is 280 g/mol. The Kier molecular flexibility index (Phi) is 4.51. The van der Waals surface area contributed by atoms with E-state index in [9.17, 15) is 4.79 Å². The third-order valence-corrected chi connectivity index (χ3v) is 3.86. The molecule has 0 N–H and O–H groups in total. The Balaban J connectivity index is 1.85. The fraction of sp³-hybridized carbons (Fsp3) is 0.562. The lowest BCUT2D eigenvalue weighted by Crippen LogP contribution is -2.33. The van der Waals surface area contributed by atoms with Crippen LogP contribution in [-0.2, 0) is 9.53 Å². The number of carbonyl (C=O) groups excluding carboxylic acids is 1. The summed E-state index contributed by atoms with van der Waals surface area (Å²) in [6, 6.07) is 10.6. The molecule has 104 valence electrons. The predicted octanol–water partition coefficient (Wildman–Crippen LogP) is 4.27. The van der Waals surface area contributed by atoms with E-state index in [0.29, 0.717) is 5.92 Å². The van der Waals surface area contributed by atoms with E-state index in [-0.39, 0.29) is 12.1 Å². The summed E-state index contributed by atoms with van der Waals surface area (Å²) >= 11 is 5.95. The van der Waals surface area contributed by atoms with Crippen LogP contribution in [0.4, 0.5) is 0 Å². The zero-order valence-corrected chi connectivity index (χ0v) is 12.3. The average molecular weight is 281 g/mol. The van der Waals surface area contributed by atoms with Crippen molar-refractivity contribution in [3.63, 3.8) is 0 Å². The number of benzene rings is 1. The number of hydrogen-bond donors (Lipinski definition) is 0. The van der Waals surface area contributed by atoms with E-state index in [4.69, 9.17) is 16.3 Å². The lowest BCUT2D eigenvalue weighted by Gasteiger charge is -2.30. The Bertz CT molecular complexity index is 414. The van der Waals surface area contributed by atoms with Gasteiger partial charge in [-0.2, -0.15) is 0 Å². The van der Waals surface area contributed by atoms with E-state index in [2.05, 4.69) is 24.3 Å². The van der Waals surface area contributed by atoms with Gasteiger partial charge < -0.3 is 4.74 Å². The molecule has 0 spiro atoms. The van der Waals surface area contributed by atoms with Crippen LogP contribution < -0.4 is 0 Å². The molecule has 0 radical (unpaired) electrons. The topological polar surface area (TPSA) is 26.3 Å². The van der Waals surface area contributed by atoms with Crippen molar-refractivity contribution in [3.05, 3.63) is 35.9 Å². The summed E-state index contributed by atoms with van der Waals surface area (Å²) in [7, 11) is 0. The van der Waals surface area contributed by atoms with Crippen LogP contribution in [0.15, 0.2) is 30.3 Å². The van der Waals surface area contributed by atoms with E-state index in [1.54, 1.807) is 13.8 Å². The summed E-state index contributed by atoms with van der Waals surface area (Å²) in [6.07, 6.45) is 4.04. The molecule has 0 aliphatic heterocycles. The molecule has 1 aromatic carbocycles. The maximum atomic E-state index is 11.7. The highest BCUT2D eigenvalue weighted by molar-refractivity contribution is 6.33. The standard InChI is InChI=1S/C16H21ClO2/c1-16(2,17)15(18)19-14-10-8-13(9-11-14)12-6-4-3-5-7-12/h3-7,13-14H,8-11H2,1-2H3/t13-,14-. The third kappa shape index (κ3) is 3.97. The molecule has 2 nitrogen and oxygen atoms in total. The van der Waals surface area contributed by atoms with Gasteiger partial charge in [0.05, 0.1) is 0 Å². The van der Waals surface area contributed by atoms with Gasteiger partial charge in [0.15, 0.2) is 0 Å². The molecule has 2 rings (SSSR count). The number of carbonyl (C=O) groups is 1. The number of ether oxygens (including phenoxy) is 1. The molecule has 1 aliphatic rings. The number of esters is 1. The summed E-state index contributed by atoms with van der Waals surface area (Å²) in [5.41, 5.74) is 1.39. The van der Waals surface area contributed by atoms with Crippen molar-refractivity contribution in [3.8, 4) is 0 Å². The van der Waals surface area contributed by atoms with Gasteiger partial charge in [-0.3, -0.25) is 4.79 Å². The third-order valence-electron chi connectivity index (χ3n) is 3.70. The molecule has 0 heterocycles. The van der Waals surface area contributed by atoms with Crippen molar-refractivity contribution in [1.82, 2.24) is 0 Å². The largest absolute Gasteiger partial charge is 0.461 e. The molecule has 0 aromatic heterocycles. The van der Waals surface area contributed by atoms with Crippen LogP contribution in [0.25, 0.3) is 0 Å². The zero-order valence-electron chi connectivity index (χ0n) is 11.6. The molecule has 0 saturated heterocycles. The normalized spacial score (nSPS) is 23.9. The Morgan fingerprint density at radius 3 is 2.26 bits per heavy atom. The molecule has 0 unspecified atom stereocenters. The van der Waals surface area contributed by atoms with Crippen LogP contribution >= 0.6 is 11.6 Å². The molecule has 1 aromatic rings. The first-order valence-electron chi connectivity index (χ1n) is 6.92. The number of hydrogen-bond acceptors (Lipinski definition) is 2. The minimum atomic E-state index is -0.920. The van der Waals surface area contributed by atoms with Crippen LogP contribution in [-0.4, -0.2) is 16.9 Å². The summed E-state index contributed by atoms with van der Waals surface area (Å²) in [5, 5.41) is 0. The summed E-state index contributed by atoms with van der Waals surface area (Å²) in [5.74, 6) is 0.289. The first-order chi connectivity index (χ1) is 8.97. The predicted molar refractivity (Wildman–Crippen MR) is 77.5 cm³/mol. The smallest absolute Gasteiger partial charge is 0.326 e. The van der Waals surface area contributed by atoms with E-state index in [0.717, 1.165) is 25.7 Å². The Labute approximate surface area is 120 Å². The first kappa shape index (κ1) is 14.4. The highest BCUT2D eigenvalue weighted by Crippen LogP contribution is 2.34. The van der Waals surface area contributed by atoms with Crippen molar-refractivity contribution in [2.75, 3.05) is 0 Å². The van der Waals surface area contributed by atoms with Gasteiger partial charge >= 0.3 is 5.97 Å². The Hall–Kier alpha value is -1.02. The van der Waals surface area contributed by atoms with Crippen LogP contribution in [0.1, 0.15) is 51.0 Å². The second-order valence-corrected chi connectivity index (χ2v) is 6.71. The minimum absolute atomic E-state index is 0.0329. The first-order valence-corrected chi connectivity index (χ1v) is 7.29. The van der Waals surface area contributed by atoms with E-state index in [1.807, 2.05) is 6.07 Å². The Morgan fingerprint density at radius 2 is 1.74 bits per heavy atom. The molecule has 0 bridgehead atoms. The highest BCUT2D eigenvalue weighted by Gasteiger charge is 2.31. The maximum Gasteiger partial charge on any atom is 0.326 e. The Morgan fingerprint density at radius 1 is 1.16 bits per heavy atom. The van der Waals surface area contributed by atoms with E-state index in [1.165, 1.54) is 5.56 Å². The highest BCUT2D eigenvalue weighted by atomic mass is 35.5. The van der Waals surface area contributed by atoms with Crippen LogP contribution in [0, 0.1) is 0 Å². The van der Waals surface area contributed by atoms with Gasteiger partial charge in [-0.1, -0.05) is 30.3 Å². The van der Waals surface area contributed by atoms with Gasteiger partial charge in [0.2, 0.25) is 0 Å². The second kappa shape index (κ2) is 5.96. The molecule has 0 atom stereocenters. The van der Waals surface area contributed by atoms with Gasteiger partial charge in [0.25, 0.3) is 0 Å². The summed E-state index contributed by atoms with van der Waals surface area (Å²) in [4.78, 5) is 10.8. The molecular weight excluding hydrogens is 260 g/mol. The molecular formula is C16H21ClO2. The summed E-state index contributed by atoms with van der Waals surface area (Å²) in [6.45, 7) is 3.35. The fourth-order valence-corrected chi connectivity index (χ4v) is 2.58. The molecule has 0 amide bonds. The molecule has 1 fully saturated rings. The second-order valence-electron chi connectivity index (χ2n) is 5.76. The number of alkyl halides is 1. The maximum absolute atomic E-state index is 11.7. The van der Waals surface area contributed by atoms with Gasteiger partial charge in [-0.15, -0.1) is 11.6 Å². The van der Waals surface area contributed by atoms with E-state index < -0.39 is 4.87 Å². The van der Waals surface area contributed by atoms with Crippen molar-refractivity contribution < 1.29 is 9.53 Å². The summed E-state index contributed by atoms with van der Waals surface area (Å²) < 4.78 is 5.47. The van der Waals surface area contributed by atoms with Crippen LogP contribution in [0.5, 0.6) is 0 Å². The van der Waals surface area contributed by atoms with Crippen molar-refractivity contribution in [2.45, 2.75) is 56.4 Å². The number of halogens is 1. The van der Waals surface area contributed by atoms with Gasteiger partial charge in [0, 0.05) is 0 Å². The van der Waals surface area contributed by atoms with Crippen LogP contribution in [0.3, 0.4) is 0 Å². The van der Waals surface area contributed by atoms with Crippen molar-refractivity contribution in [1.29, 1.82) is 0 Å². The molecule has 3 heteroatoms. The van der Waals surface area contributed by atoms with Crippen LogP contribution in [0.2, 0.25) is 0 Å². The van der Waals surface area contributed by atoms with Gasteiger partial charge in [0.1, 0.15) is 11.0 Å². The van der Waals surface area contributed by atoms with Gasteiger partial charge in [-0.25, -0.2) is 0 Å². The number of rotatable bonds is 3. The molecule has 19 heavy (non-hydrogen) atoms. The average Bonchev–Trinajstić information content (AvgIpc) is 2.39. The van der Waals surface area contributed by atoms with Gasteiger partial charge in [-0.05, 0) is 51.0 Å². The van der Waals surface area contributed by atoms with Crippen molar-refractivity contribution in [2.24, 2.45) is 0 Å². The molecule has 1 saturated carbocycles. The minimum Gasteiger partial charge on any atom is -0.461 e. The molecule has 1 aliphatic carbocycles.